The van der Waals surface area contributed by atoms with Crippen molar-refractivity contribution < 1.29 is 22.4 Å². The van der Waals surface area contributed by atoms with Crippen LogP contribution in [0, 0.1) is 5.82 Å². The zero-order chi connectivity index (χ0) is 29.7. The molecule has 2 N–H and O–H groups in total. The number of unbranched alkanes of at least 4 members (excludes halogenated alkanes) is 1. The second-order valence-corrected chi connectivity index (χ2v) is 13.9. The van der Waals surface area contributed by atoms with E-state index in [9.17, 15) is 22.4 Å². The normalized spacial score (nSPS) is 21.9. The molecule has 3 atom stereocenters. The lowest BCUT2D eigenvalue weighted by molar-refractivity contribution is -0.133. The van der Waals surface area contributed by atoms with Gasteiger partial charge in [0.1, 0.15) is 11.9 Å². The van der Waals surface area contributed by atoms with Crippen LogP contribution in [0.1, 0.15) is 54.4 Å². The van der Waals surface area contributed by atoms with Gasteiger partial charge in [-0.3, -0.25) is 9.59 Å². The van der Waals surface area contributed by atoms with Crippen LogP contribution < -0.4 is 10.6 Å². The average Bonchev–Trinajstić information content (AvgIpc) is 3.67. The molecule has 2 amide bonds. The highest BCUT2D eigenvalue weighted by Crippen LogP contribution is 2.51. The number of carbonyl (C=O) groups excluding carboxylic acids is 2. The van der Waals surface area contributed by atoms with Gasteiger partial charge in [0.25, 0.3) is 5.91 Å². The summed E-state index contributed by atoms with van der Waals surface area (Å²) in [5.74, 6) is -0.576. The molecule has 5 rings (SSSR count). The van der Waals surface area contributed by atoms with Crippen molar-refractivity contribution in [2.75, 3.05) is 31.1 Å². The van der Waals surface area contributed by atoms with E-state index in [0.29, 0.717) is 24.3 Å². The second-order valence-electron chi connectivity index (χ2n) is 11.6. The van der Waals surface area contributed by atoms with Gasteiger partial charge in [-0.15, -0.1) is 0 Å². The number of hydrogen-bond donors (Lipinski definition) is 2. The maximum absolute atomic E-state index is 13.4. The molecule has 9 heteroatoms. The summed E-state index contributed by atoms with van der Waals surface area (Å²) in [5, 5.41) is 6.55. The van der Waals surface area contributed by atoms with Crippen LogP contribution in [0.4, 0.5) is 4.39 Å². The van der Waals surface area contributed by atoms with E-state index in [1.165, 1.54) is 12.1 Å². The Balaban J connectivity index is 1.17. The van der Waals surface area contributed by atoms with Crippen LogP contribution >= 0.6 is 0 Å². The van der Waals surface area contributed by atoms with Gasteiger partial charge in [-0.05, 0) is 80.1 Å². The van der Waals surface area contributed by atoms with Gasteiger partial charge in [0.05, 0.1) is 11.5 Å². The molecule has 0 unspecified atom stereocenters. The lowest BCUT2D eigenvalue weighted by Gasteiger charge is -2.30. The zero-order valence-electron chi connectivity index (χ0n) is 23.9. The molecule has 0 radical (unpaired) electrons. The van der Waals surface area contributed by atoms with Crippen LogP contribution in [-0.4, -0.2) is 67.9 Å². The van der Waals surface area contributed by atoms with Gasteiger partial charge in [-0.2, -0.15) is 0 Å². The Kier molecular flexibility index (Phi) is 9.08. The van der Waals surface area contributed by atoms with Crippen LogP contribution in [0.2, 0.25) is 0 Å². The minimum absolute atomic E-state index is 0.0352. The number of carbonyl (C=O) groups is 2. The Morgan fingerprint density at radius 3 is 2.24 bits per heavy atom. The van der Waals surface area contributed by atoms with E-state index >= 15 is 0 Å². The first kappa shape index (κ1) is 29.9. The quantitative estimate of drug-likeness (QED) is 0.319. The minimum Gasteiger partial charge on any atom is -0.340 e. The molecule has 3 aromatic rings. The summed E-state index contributed by atoms with van der Waals surface area (Å²) in [6.07, 6.45) is 2.96. The van der Waals surface area contributed by atoms with Crippen molar-refractivity contribution in [2.24, 2.45) is 0 Å². The molecule has 1 saturated heterocycles. The van der Waals surface area contributed by atoms with Gasteiger partial charge in [0, 0.05) is 30.1 Å². The topological polar surface area (TPSA) is 95.6 Å². The molecular formula is C33H38FN3O4S. The number of benzene rings is 3. The smallest absolute Gasteiger partial charge is 0.251 e. The highest BCUT2D eigenvalue weighted by molar-refractivity contribution is 7.91. The molecule has 1 saturated carbocycles. The van der Waals surface area contributed by atoms with Gasteiger partial charge in [-0.1, -0.05) is 54.6 Å². The number of halogens is 1. The SMILES string of the molecule is C[C@@]1(NCCCC[C@H](NC(=O)c2ccc(-c3ccccc3)cc2)C(=O)N2CCS(=O)(=O)CC2)C[C@H]1c1ccc(F)cc1. The monoisotopic (exact) mass is 591 g/mol. The fraction of sp³-hybridized carbons (Fsp3) is 0.394. The molecule has 7 nitrogen and oxygen atoms in total. The van der Waals surface area contributed by atoms with Crippen molar-refractivity contribution in [1.29, 1.82) is 0 Å². The maximum atomic E-state index is 13.4. The fourth-order valence-electron chi connectivity index (χ4n) is 5.69. The molecule has 0 aromatic heterocycles. The number of sulfone groups is 1. The van der Waals surface area contributed by atoms with Crippen molar-refractivity contribution in [2.45, 2.75) is 50.1 Å². The van der Waals surface area contributed by atoms with Gasteiger partial charge in [0.15, 0.2) is 9.84 Å². The molecule has 42 heavy (non-hydrogen) atoms. The van der Waals surface area contributed by atoms with E-state index in [0.717, 1.165) is 36.1 Å². The molecule has 3 aromatic carbocycles. The Morgan fingerprint density at radius 1 is 0.929 bits per heavy atom. The lowest BCUT2D eigenvalue weighted by Crippen LogP contribution is -2.52. The van der Waals surface area contributed by atoms with E-state index in [1.54, 1.807) is 17.0 Å². The highest BCUT2D eigenvalue weighted by atomic mass is 32.2. The summed E-state index contributed by atoms with van der Waals surface area (Å²) in [5.41, 5.74) is 3.60. The Labute approximate surface area is 247 Å². The van der Waals surface area contributed by atoms with E-state index in [1.807, 2.05) is 54.6 Å². The molecule has 1 aliphatic heterocycles. The first-order valence-corrected chi connectivity index (χ1v) is 16.4. The number of hydrogen-bond acceptors (Lipinski definition) is 5. The number of nitrogens with one attached hydrogen (secondary N) is 2. The summed E-state index contributed by atoms with van der Waals surface area (Å²) in [7, 11) is -3.14. The van der Waals surface area contributed by atoms with E-state index < -0.39 is 15.9 Å². The Hall–Kier alpha value is -3.56. The highest BCUT2D eigenvalue weighted by Gasteiger charge is 2.50. The van der Waals surface area contributed by atoms with Crippen molar-refractivity contribution in [3.8, 4) is 11.1 Å². The summed E-state index contributed by atoms with van der Waals surface area (Å²) >= 11 is 0. The number of amides is 2. The maximum Gasteiger partial charge on any atom is 0.251 e. The molecule has 222 valence electrons. The van der Waals surface area contributed by atoms with Crippen molar-refractivity contribution in [1.82, 2.24) is 15.5 Å². The largest absolute Gasteiger partial charge is 0.340 e. The second kappa shape index (κ2) is 12.8. The van der Waals surface area contributed by atoms with Crippen molar-refractivity contribution >= 4 is 21.7 Å². The fourth-order valence-corrected chi connectivity index (χ4v) is 6.89. The summed E-state index contributed by atoms with van der Waals surface area (Å²) < 4.78 is 37.1. The molecule has 2 aliphatic rings. The first-order valence-electron chi connectivity index (χ1n) is 14.6. The van der Waals surface area contributed by atoms with Crippen molar-refractivity contribution in [3.63, 3.8) is 0 Å². The first-order chi connectivity index (χ1) is 20.1. The molecule has 0 bridgehead atoms. The predicted octanol–water partition coefficient (Wildman–Crippen LogP) is 4.55. The third-order valence-corrected chi connectivity index (χ3v) is 10.1. The number of nitrogens with zero attached hydrogens (tertiary/aromatic N) is 1. The van der Waals surface area contributed by atoms with E-state index in [-0.39, 0.29) is 47.8 Å². The third-order valence-electron chi connectivity index (χ3n) is 8.47. The molecular weight excluding hydrogens is 553 g/mol. The molecule has 2 fully saturated rings. The summed E-state index contributed by atoms with van der Waals surface area (Å²) in [6.45, 7) is 3.21. The Bertz CT molecular complexity index is 1480. The van der Waals surface area contributed by atoms with E-state index in [2.05, 4.69) is 17.6 Å². The van der Waals surface area contributed by atoms with Crippen LogP contribution in [0.15, 0.2) is 78.9 Å². The predicted molar refractivity (Wildman–Crippen MR) is 162 cm³/mol. The van der Waals surface area contributed by atoms with Crippen LogP contribution in [-0.2, 0) is 14.6 Å². The van der Waals surface area contributed by atoms with Gasteiger partial charge in [0.2, 0.25) is 5.91 Å². The minimum atomic E-state index is -3.14. The van der Waals surface area contributed by atoms with Crippen LogP contribution in [0.25, 0.3) is 11.1 Å². The van der Waals surface area contributed by atoms with Gasteiger partial charge >= 0.3 is 0 Å². The summed E-state index contributed by atoms with van der Waals surface area (Å²) in [4.78, 5) is 28.2. The summed E-state index contributed by atoms with van der Waals surface area (Å²) in [6, 6.07) is 23.1. The number of rotatable bonds is 11. The lowest BCUT2D eigenvalue weighted by atomic mass is 10.0. The molecule has 1 heterocycles. The molecule has 1 aliphatic carbocycles. The van der Waals surface area contributed by atoms with Gasteiger partial charge < -0.3 is 15.5 Å². The third kappa shape index (κ3) is 7.44. The average molecular weight is 592 g/mol. The Morgan fingerprint density at radius 2 is 1.57 bits per heavy atom. The van der Waals surface area contributed by atoms with Crippen molar-refractivity contribution in [3.05, 3.63) is 95.8 Å². The zero-order valence-corrected chi connectivity index (χ0v) is 24.7. The van der Waals surface area contributed by atoms with Gasteiger partial charge in [-0.25, -0.2) is 12.8 Å². The van der Waals surface area contributed by atoms with Crippen LogP contribution in [0.5, 0.6) is 0 Å². The standard InChI is InChI=1S/C33H38FN3O4S/c1-33(23-29(33)26-14-16-28(34)17-15-26)35-18-6-5-9-30(32(39)37-19-21-42(40,41)22-20-37)36-31(38)27-12-10-25(11-13-27)24-7-3-2-4-8-24/h2-4,7-8,10-17,29-30,35H,5-6,9,18-23H2,1H3,(H,36,38)/t29-,30-,33+/m0/s1. The van der Waals surface area contributed by atoms with E-state index in [4.69, 9.17) is 0 Å². The van der Waals surface area contributed by atoms with Crippen LogP contribution in [0.3, 0.4) is 0 Å². The molecule has 0 spiro atoms.